The average molecular weight is 294 g/mol. The van der Waals surface area contributed by atoms with E-state index in [9.17, 15) is 4.79 Å². The number of carbonyl (C=O) groups is 1. The first-order chi connectivity index (χ1) is 7.84. The van der Waals surface area contributed by atoms with Crippen LogP contribution in [0.1, 0.15) is 26.3 Å². The highest BCUT2D eigenvalue weighted by molar-refractivity contribution is 9.10. The topological polar surface area (TPSA) is 40.9 Å². The number of ketones is 1. The minimum atomic E-state index is -0.559. The highest BCUT2D eigenvalue weighted by Crippen LogP contribution is 2.23. The Hall–Kier alpha value is -1.14. The molecule has 0 amide bonds. The van der Waals surface area contributed by atoms with Gasteiger partial charge in [-0.15, -0.1) is 0 Å². The van der Waals surface area contributed by atoms with Crippen LogP contribution >= 0.6 is 15.9 Å². The van der Waals surface area contributed by atoms with E-state index in [0.29, 0.717) is 6.42 Å². The van der Waals surface area contributed by atoms with E-state index in [1.807, 2.05) is 45.0 Å². The predicted octanol–water partition coefficient (Wildman–Crippen LogP) is 3.75. The van der Waals surface area contributed by atoms with Gasteiger partial charge in [-0.1, -0.05) is 48.8 Å². The van der Waals surface area contributed by atoms with Crippen molar-refractivity contribution in [3.8, 4) is 6.07 Å². The fraction of sp³-hybridized carbons (Fsp3) is 0.429. The molecule has 0 bridgehead atoms. The number of hydrogen-bond acceptors (Lipinski definition) is 2. The van der Waals surface area contributed by atoms with Crippen LogP contribution in [-0.2, 0) is 11.2 Å². The molecule has 0 N–H and O–H groups in total. The Labute approximate surface area is 111 Å². The third-order valence-corrected chi connectivity index (χ3v) is 3.09. The van der Waals surface area contributed by atoms with E-state index >= 15 is 0 Å². The molecule has 3 heteroatoms. The molecule has 90 valence electrons. The zero-order chi connectivity index (χ0) is 13.1. The van der Waals surface area contributed by atoms with Gasteiger partial charge in [-0.3, -0.25) is 4.79 Å². The highest BCUT2D eigenvalue weighted by Gasteiger charge is 2.29. The maximum absolute atomic E-state index is 12.0. The summed E-state index contributed by atoms with van der Waals surface area (Å²) in [6.07, 6.45) is 0.486. The van der Waals surface area contributed by atoms with Gasteiger partial charge in [0.1, 0.15) is 5.92 Å². The molecule has 0 radical (unpaired) electrons. The van der Waals surface area contributed by atoms with Crippen LogP contribution in [0.2, 0.25) is 0 Å². The maximum Gasteiger partial charge on any atom is 0.155 e. The zero-order valence-corrected chi connectivity index (χ0v) is 11.9. The van der Waals surface area contributed by atoms with Crippen molar-refractivity contribution in [2.24, 2.45) is 11.3 Å². The molecule has 2 nitrogen and oxygen atoms in total. The number of Topliss-reactive ketones (excluding diaryl/α,β-unsaturated/α-hetero) is 1. The minimum Gasteiger partial charge on any atom is -0.298 e. The first kappa shape index (κ1) is 13.9. The van der Waals surface area contributed by atoms with Crippen LogP contribution in [0.4, 0.5) is 0 Å². The van der Waals surface area contributed by atoms with E-state index in [1.54, 1.807) is 0 Å². The monoisotopic (exact) mass is 293 g/mol. The van der Waals surface area contributed by atoms with E-state index in [2.05, 4.69) is 22.0 Å². The molecule has 0 aromatic heterocycles. The molecule has 1 aromatic carbocycles. The number of nitrogens with zero attached hydrogens (tertiary/aromatic N) is 1. The summed E-state index contributed by atoms with van der Waals surface area (Å²) in [5, 5.41) is 9.10. The lowest BCUT2D eigenvalue weighted by molar-refractivity contribution is -0.128. The zero-order valence-electron chi connectivity index (χ0n) is 10.3. The summed E-state index contributed by atoms with van der Waals surface area (Å²) in [4.78, 5) is 12.0. The van der Waals surface area contributed by atoms with Crippen LogP contribution in [0, 0.1) is 22.7 Å². The molecule has 0 aliphatic rings. The predicted molar refractivity (Wildman–Crippen MR) is 71.4 cm³/mol. The molecule has 0 aliphatic carbocycles. The second kappa shape index (κ2) is 5.46. The Bertz CT molecular complexity index is 437. The number of hydrogen-bond donors (Lipinski definition) is 0. The van der Waals surface area contributed by atoms with Gasteiger partial charge in [0.15, 0.2) is 5.78 Å². The summed E-state index contributed by atoms with van der Waals surface area (Å²) in [6.45, 7) is 5.55. The van der Waals surface area contributed by atoms with Crippen molar-refractivity contribution in [3.05, 3.63) is 34.3 Å². The van der Waals surface area contributed by atoms with Crippen LogP contribution in [0.3, 0.4) is 0 Å². The fourth-order valence-electron chi connectivity index (χ4n) is 1.58. The lowest BCUT2D eigenvalue weighted by Crippen LogP contribution is -2.28. The molecule has 1 atom stereocenters. The van der Waals surface area contributed by atoms with E-state index in [-0.39, 0.29) is 5.78 Å². The van der Waals surface area contributed by atoms with E-state index in [0.717, 1.165) is 10.0 Å². The van der Waals surface area contributed by atoms with Crippen molar-refractivity contribution < 1.29 is 4.79 Å². The van der Waals surface area contributed by atoms with Gasteiger partial charge in [0.25, 0.3) is 0 Å². The van der Waals surface area contributed by atoms with Gasteiger partial charge in [-0.2, -0.15) is 5.26 Å². The third-order valence-electron chi connectivity index (χ3n) is 2.56. The van der Waals surface area contributed by atoms with Crippen LogP contribution in [0.5, 0.6) is 0 Å². The van der Waals surface area contributed by atoms with Gasteiger partial charge in [0.2, 0.25) is 0 Å². The van der Waals surface area contributed by atoms with Gasteiger partial charge < -0.3 is 0 Å². The average Bonchev–Trinajstić information content (AvgIpc) is 2.26. The standard InChI is InChI=1S/C14H16BrNO/c1-14(2,3)13(17)11(9-16)8-10-4-6-12(15)7-5-10/h4-7,11H,8H2,1-3H3. The summed E-state index contributed by atoms with van der Waals surface area (Å²) in [6, 6.07) is 9.82. The van der Waals surface area contributed by atoms with Crippen molar-refractivity contribution >= 4 is 21.7 Å². The van der Waals surface area contributed by atoms with Crippen LogP contribution in [0.25, 0.3) is 0 Å². The molecule has 0 spiro atoms. The van der Waals surface area contributed by atoms with Crippen LogP contribution in [-0.4, -0.2) is 5.78 Å². The molecule has 0 saturated heterocycles. The van der Waals surface area contributed by atoms with E-state index < -0.39 is 11.3 Å². The quantitative estimate of drug-likeness (QED) is 0.852. The van der Waals surface area contributed by atoms with Gasteiger partial charge in [-0.05, 0) is 24.1 Å². The third kappa shape index (κ3) is 3.98. The first-order valence-corrected chi connectivity index (χ1v) is 6.32. The summed E-state index contributed by atoms with van der Waals surface area (Å²) in [5.74, 6) is -0.556. The number of benzene rings is 1. The van der Waals surface area contributed by atoms with Crippen molar-refractivity contribution in [2.75, 3.05) is 0 Å². The maximum atomic E-state index is 12.0. The Balaban J connectivity index is 2.82. The van der Waals surface area contributed by atoms with Crippen molar-refractivity contribution in [3.63, 3.8) is 0 Å². The molecule has 0 fully saturated rings. The lowest BCUT2D eigenvalue weighted by atomic mass is 9.81. The molecular formula is C14H16BrNO. The number of halogens is 1. The smallest absolute Gasteiger partial charge is 0.155 e. The second-order valence-electron chi connectivity index (χ2n) is 5.13. The fourth-order valence-corrected chi connectivity index (χ4v) is 1.84. The summed E-state index contributed by atoms with van der Waals surface area (Å²) < 4.78 is 0.997. The molecule has 17 heavy (non-hydrogen) atoms. The molecule has 0 saturated carbocycles. The SMILES string of the molecule is CC(C)(C)C(=O)C(C#N)Cc1ccc(Br)cc1. The second-order valence-corrected chi connectivity index (χ2v) is 6.04. The Morgan fingerprint density at radius 1 is 1.35 bits per heavy atom. The number of nitriles is 1. The molecule has 1 rings (SSSR count). The number of carbonyl (C=O) groups excluding carboxylic acids is 1. The Morgan fingerprint density at radius 2 is 1.88 bits per heavy atom. The molecule has 0 aliphatic heterocycles. The van der Waals surface area contributed by atoms with Crippen LogP contribution in [0.15, 0.2) is 28.7 Å². The first-order valence-electron chi connectivity index (χ1n) is 5.53. The molecular weight excluding hydrogens is 278 g/mol. The lowest BCUT2D eigenvalue weighted by Gasteiger charge is -2.20. The van der Waals surface area contributed by atoms with Crippen LogP contribution < -0.4 is 0 Å². The van der Waals surface area contributed by atoms with E-state index in [1.165, 1.54) is 0 Å². The van der Waals surface area contributed by atoms with Crippen molar-refractivity contribution in [1.82, 2.24) is 0 Å². The Morgan fingerprint density at radius 3 is 2.29 bits per heavy atom. The summed E-state index contributed by atoms with van der Waals surface area (Å²) in [7, 11) is 0. The summed E-state index contributed by atoms with van der Waals surface area (Å²) >= 11 is 3.36. The highest BCUT2D eigenvalue weighted by atomic mass is 79.9. The van der Waals surface area contributed by atoms with Gasteiger partial charge in [0.05, 0.1) is 6.07 Å². The van der Waals surface area contributed by atoms with Crippen molar-refractivity contribution in [2.45, 2.75) is 27.2 Å². The van der Waals surface area contributed by atoms with Gasteiger partial charge in [-0.25, -0.2) is 0 Å². The van der Waals surface area contributed by atoms with E-state index in [4.69, 9.17) is 5.26 Å². The normalized spacial score (nSPS) is 12.9. The molecule has 0 heterocycles. The summed E-state index contributed by atoms with van der Waals surface area (Å²) in [5.41, 5.74) is 0.549. The van der Waals surface area contributed by atoms with Gasteiger partial charge in [0, 0.05) is 9.89 Å². The number of rotatable bonds is 3. The van der Waals surface area contributed by atoms with Crippen molar-refractivity contribution in [1.29, 1.82) is 5.26 Å². The molecule has 1 unspecified atom stereocenters. The largest absolute Gasteiger partial charge is 0.298 e. The molecule has 1 aromatic rings. The Kier molecular flexibility index (Phi) is 4.47. The van der Waals surface area contributed by atoms with Gasteiger partial charge >= 0.3 is 0 Å². The minimum absolute atomic E-state index is 0.00270.